The average Bonchev–Trinajstić information content (AvgIpc) is 2.93. The molecule has 1 aromatic carbocycles. The van der Waals surface area contributed by atoms with Crippen LogP contribution >= 0.6 is 27.7 Å². The average molecular weight is 396 g/mol. The van der Waals surface area contributed by atoms with Gasteiger partial charge in [-0.05, 0) is 52.0 Å². The molecule has 0 saturated heterocycles. The molecule has 23 heavy (non-hydrogen) atoms. The van der Waals surface area contributed by atoms with Crippen LogP contribution in [-0.2, 0) is 4.79 Å². The van der Waals surface area contributed by atoms with Gasteiger partial charge in [0.25, 0.3) is 0 Å². The Morgan fingerprint density at radius 3 is 2.39 bits per heavy atom. The van der Waals surface area contributed by atoms with E-state index < -0.39 is 0 Å². The normalized spacial score (nSPS) is 11.3. The van der Waals surface area contributed by atoms with Gasteiger partial charge in [-0.15, -0.1) is 0 Å². The molecule has 0 spiro atoms. The minimum absolute atomic E-state index is 0.144. The summed E-state index contributed by atoms with van der Waals surface area (Å²) < 4.78 is 3.04. The fourth-order valence-electron chi connectivity index (χ4n) is 2.57. The van der Waals surface area contributed by atoms with Crippen LogP contribution in [0.1, 0.15) is 27.7 Å². The zero-order chi connectivity index (χ0) is 17.0. The Hall–Kier alpha value is -1.27. The molecular weight excluding hydrogens is 374 g/mol. The maximum Gasteiger partial charge on any atom is 0.233 e. The van der Waals surface area contributed by atoms with Crippen LogP contribution in [0.5, 0.6) is 0 Å². The van der Waals surface area contributed by atoms with Crippen LogP contribution in [0.2, 0.25) is 0 Å². The van der Waals surface area contributed by atoms with Gasteiger partial charge >= 0.3 is 0 Å². The van der Waals surface area contributed by atoms with Gasteiger partial charge in [0.1, 0.15) is 0 Å². The zero-order valence-corrected chi connectivity index (χ0v) is 16.3. The SMILES string of the molecule is CC(C)N(C(=O)CSc1nccn1-c1ccc(Br)cc1)C(C)C. The molecule has 0 fully saturated rings. The first kappa shape index (κ1) is 18.1. The number of benzene rings is 1. The number of aromatic nitrogens is 2. The van der Waals surface area contributed by atoms with Crippen LogP contribution in [0.25, 0.3) is 5.69 Å². The third kappa shape index (κ3) is 4.61. The molecule has 0 unspecified atom stereocenters. The van der Waals surface area contributed by atoms with Gasteiger partial charge in [0.2, 0.25) is 5.91 Å². The number of thioether (sulfide) groups is 1. The highest BCUT2D eigenvalue weighted by atomic mass is 79.9. The van der Waals surface area contributed by atoms with E-state index in [0.717, 1.165) is 15.3 Å². The van der Waals surface area contributed by atoms with Gasteiger partial charge < -0.3 is 4.90 Å². The quantitative estimate of drug-likeness (QED) is 0.681. The Bertz CT molecular complexity index is 644. The standard InChI is InChI=1S/C17H22BrN3OS/c1-12(2)21(13(3)4)16(22)11-23-17-19-9-10-20(17)15-7-5-14(18)6-8-15/h5-10,12-13H,11H2,1-4H3. The van der Waals surface area contributed by atoms with E-state index in [9.17, 15) is 4.79 Å². The lowest BCUT2D eigenvalue weighted by Crippen LogP contribution is -2.43. The molecule has 6 heteroatoms. The van der Waals surface area contributed by atoms with E-state index in [4.69, 9.17) is 0 Å². The number of hydrogen-bond acceptors (Lipinski definition) is 3. The van der Waals surface area contributed by atoms with Crippen molar-refractivity contribution in [3.8, 4) is 5.69 Å². The first-order valence-corrected chi connectivity index (χ1v) is 9.41. The van der Waals surface area contributed by atoms with Crippen LogP contribution < -0.4 is 0 Å². The van der Waals surface area contributed by atoms with Crippen molar-refractivity contribution < 1.29 is 4.79 Å². The van der Waals surface area contributed by atoms with Gasteiger partial charge in [0, 0.05) is 34.6 Å². The number of imidazole rings is 1. The molecule has 0 radical (unpaired) electrons. The van der Waals surface area contributed by atoms with Crippen molar-refractivity contribution in [3.05, 3.63) is 41.1 Å². The molecule has 1 heterocycles. The van der Waals surface area contributed by atoms with Crippen LogP contribution in [0, 0.1) is 0 Å². The predicted molar refractivity (Wildman–Crippen MR) is 99.1 cm³/mol. The number of carbonyl (C=O) groups excluding carboxylic acids is 1. The minimum Gasteiger partial charge on any atom is -0.337 e. The van der Waals surface area contributed by atoms with Crippen molar-refractivity contribution in [1.29, 1.82) is 0 Å². The second-order valence-electron chi connectivity index (χ2n) is 5.83. The third-order valence-corrected chi connectivity index (χ3v) is 4.92. The fraction of sp³-hybridized carbons (Fsp3) is 0.412. The minimum atomic E-state index is 0.144. The lowest BCUT2D eigenvalue weighted by molar-refractivity contribution is -0.131. The molecule has 0 aliphatic heterocycles. The van der Waals surface area contributed by atoms with E-state index in [2.05, 4.69) is 20.9 Å². The summed E-state index contributed by atoms with van der Waals surface area (Å²) in [7, 11) is 0. The number of halogens is 1. The van der Waals surface area contributed by atoms with Gasteiger partial charge in [-0.2, -0.15) is 0 Å². The van der Waals surface area contributed by atoms with E-state index in [1.54, 1.807) is 6.20 Å². The highest BCUT2D eigenvalue weighted by Gasteiger charge is 2.20. The van der Waals surface area contributed by atoms with Crippen molar-refractivity contribution >= 4 is 33.6 Å². The molecule has 1 amide bonds. The third-order valence-electron chi connectivity index (χ3n) is 3.44. The largest absolute Gasteiger partial charge is 0.337 e. The van der Waals surface area contributed by atoms with Crippen molar-refractivity contribution in [2.45, 2.75) is 44.9 Å². The molecule has 0 aliphatic carbocycles. The van der Waals surface area contributed by atoms with Crippen molar-refractivity contribution in [3.63, 3.8) is 0 Å². The number of nitrogens with zero attached hydrogens (tertiary/aromatic N) is 3. The molecule has 2 aromatic rings. The summed E-state index contributed by atoms with van der Waals surface area (Å²) in [5, 5.41) is 0.827. The number of carbonyl (C=O) groups is 1. The van der Waals surface area contributed by atoms with Crippen LogP contribution in [0.15, 0.2) is 46.3 Å². The Labute approximate surface area is 150 Å². The maximum absolute atomic E-state index is 12.5. The Balaban J connectivity index is 2.09. The summed E-state index contributed by atoms with van der Waals surface area (Å²) in [4.78, 5) is 18.8. The molecule has 0 N–H and O–H groups in total. The summed E-state index contributed by atoms with van der Waals surface area (Å²) >= 11 is 4.91. The van der Waals surface area contributed by atoms with Crippen LogP contribution in [0.3, 0.4) is 0 Å². The molecule has 0 bridgehead atoms. The van der Waals surface area contributed by atoms with Crippen molar-refractivity contribution in [2.24, 2.45) is 0 Å². The fourth-order valence-corrected chi connectivity index (χ4v) is 3.67. The van der Waals surface area contributed by atoms with E-state index in [0.29, 0.717) is 5.75 Å². The summed E-state index contributed by atoms with van der Waals surface area (Å²) in [6, 6.07) is 8.43. The van der Waals surface area contributed by atoms with E-state index in [1.165, 1.54) is 11.8 Å². The van der Waals surface area contributed by atoms with E-state index in [1.807, 2.05) is 67.6 Å². The Morgan fingerprint density at radius 2 is 1.83 bits per heavy atom. The van der Waals surface area contributed by atoms with Crippen LogP contribution in [-0.4, -0.2) is 38.2 Å². The number of amides is 1. The number of rotatable bonds is 6. The highest BCUT2D eigenvalue weighted by molar-refractivity contribution is 9.10. The zero-order valence-electron chi connectivity index (χ0n) is 13.9. The molecule has 4 nitrogen and oxygen atoms in total. The first-order chi connectivity index (χ1) is 10.9. The summed E-state index contributed by atoms with van der Waals surface area (Å²) in [5.74, 6) is 0.537. The summed E-state index contributed by atoms with van der Waals surface area (Å²) in [5.41, 5.74) is 1.03. The van der Waals surface area contributed by atoms with Gasteiger partial charge in [-0.25, -0.2) is 4.98 Å². The second-order valence-corrected chi connectivity index (χ2v) is 7.69. The van der Waals surface area contributed by atoms with Gasteiger partial charge in [-0.1, -0.05) is 27.7 Å². The van der Waals surface area contributed by atoms with Gasteiger partial charge in [-0.3, -0.25) is 9.36 Å². The molecular formula is C17H22BrN3OS. The molecule has 0 atom stereocenters. The predicted octanol–water partition coefficient (Wildman–Crippen LogP) is 4.37. The summed E-state index contributed by atoms with van der Waals surface area (Å²) in [6.07, 6.45) is 3.68. The smallest absolute Gasteiger partial charge is 0.233 e. The van der Waals surface area contributed by atoms with E-state index >= 15 is 0 Å². The van der Waals surface area contributed by atoms with E-state index in [-0.39, 0.29) is 18.0 Å². The Morgan fingerprint density at radius 1 is 1.22 bits per heavy atom. The molecule has 0 saturated carbocycles. The van der Waals surface area contributed by atoms with Crippen molar-refractivity contribution in [1.82, 2.24) is 14.5 Å². The lowest BCUT2D eigenvalue weighted by atomic mass is 10.2. The highest BCUT2D eigenvalue weighted by Crippen LogP contribution is 2.22. The Kier molecular flexibility index (Phi) is 6.30. The molecule has 124 valence electrons. The van der Waals surface area contributed by atoms with Gasteiger partial charge in [0.15, 0.2) is 5.16 Å². The monoisotopic (exact) mass is 395 g/mol. The number of hydrogen-bond donors (Lipinski definition) is 0. The van der Waals surface area contributed by atoms with Crippen LogP contribution in [0.4, 0.5) is 0 Å². The summed E-state index contributed by atoms with van der Waals surface area (Å²) in [6.45, 7) is 8.19. The molecule has 1 aromatic heterocycles. The van der Waals surface area contributed by atoms with Gasteiger partial charge in [0.05, 0.1) is 5.75 Å². The van der Waals surface area contributed by atoms with Crippen molar-refractivity contribution in [2.75, 3.05) is 5.75 Å². The maximum atomic E-state index is 12.5. The molecule has 2 rings (SSSR count). The first-order valence-electron chi connectivity index (χ1n) is 7.63. The topological polar surface area (TPSA) is 38.1 Å². The molecule has 0 aliphatic rings. The lowest BCUT2D eigenvalue weighted by Gasteiger charge is -2.30. The second kappa shape index (κ2) is 8.02.